The van der Waals surface area contributed by atoms with E-state index in [-0.39, 0.29) is 0 Å². The summed E-state index contributed by atoms with van der Waals surface area (Å²) in [4.78, 5) is 5.20. The Kier molecular flexibility index (Phi) is 4.92. The molecule has 1 aliphatic rings. The van der Waals surface area contributed by atoms with Gasteiger partial charge >= 0.3 is 0 Å². The van der Waals surface area contributed by atoms with Crippen LogP contribution in [-0.2, 0) is 6.42 Å². The number of hydrogen-bond donors (Lipinski definition) is 0. The monoisotopic (exact) mass is 600 g/mol. The second kappa shape index (κ2) is 9.21. The Hall–Kier alpha value is -6.13. The Balaban J connectivity index is 1.32. The fourth-order valence-corrected chi connectivity index (χ4v) is 8.30. The summed E-state index contributed by atoms with van der Waals surface area (Å²) in [6.07, 6.45) is 6.49. The molecule has 4 nitrogen and oxygen atoms in total. The quantitative estimate of drug-likeness (QED) is 0.181. The van der Waals surface area contributed by atoms with Crippen LogP contribution in [0.5, 0.6) is 0 Å². The van der Waals surface area contributed by atoms with E-state index in [1.807, 2.05) is 0 Å². The highest BCUT2D eigenvalue weighted by Crippen LogP contribution is 2.42. The number of para-hydroxylation sites is 4. The second-order valence-electron chi connectivity index (χ2n) is 12.7. The predicted molar refractivity (Wildman–Crippen MR) is 196 cm³/mol. The number of fused-ring (bicyclic) bond motifs is 15. The number of rotatable bonds is 2. The van der Waals surface area contributed by atoms with E-state index in [9.17, 15) is 0 Å². The van der Waals surface area contributed by atoms with Gasteiger partial charge in [0.1, 0.15) is 5.65 Å². The number of imidazole rings is 1. The molecule has 0 atom stereocenters. The van der Waals surface area contributed by atoms with Gasteiger partial charge in [-0.15, -0.1) is 0 Å². The molecule has 4 heterocycles. The molecule has 0 fully saturated rings. The molecule has 1 aliphatic carbocycles. The van der Waals surface area contributed by atoms with Crippen LogP contribution in [0.15, 0.2) is 140 Å². The molecule has 220 valence electrons. The van der Waals surface area contributed by atoms with E-state index in [4.69, 9.17) is 4.98 Å². The zero-order valence-electron chi connectivity index (χ0n) is 25.6. The number of nitrogens with zero attached hydrogens (tertiary/aromatic N) is 4. The van der Waals surface area contributed by atoms with E-state index < -0.39 is 0 Å². The number of pyridine rings is 1. The fourth-order valence-electron chi connectivity index (χ4n) is 8.30. The highest BCUT2D eigenvalue weighted by molar-refractivity contribution is 6.24. The number of hydrogen-bond acceptors (Lipinski definition) is 1. The molecule has 10 aromatic rings. The van der Waals surface area contributed by atoms with Gasteiger partial charge in [-0.2, -0.15) is 0 Å². The smallest absolute Gasteiger partial charge is 0.146 e. The lowest BCUT2D eigenvalue weighted by atomic mass is 10.0. The van der Waals surface area contributed by atoms with Gasteiger partial charge in [-0.05, 0) is 72.8 Å². The first-order valence-electron chi connectivity index (χ1n) is 16.4. The third-order valence-electron chi connectivity index (χ3n) is 10.2. The van der Waals surface area contributed by atoms with Crippen LogP contribution in [-0.4, -0.2) is 18.5 Å². The summed E-state index contributed by atoms with van der Waals surface area (Å²) in [6.45, 7) is 0. The minimum Gasteiger partial charge on any atom is -0.307 e. The molecule has 0 saturated heterocycles. The van der Waals surface area contributed by atoms with Crippen LogP contribution in [0.3, 0.4) is 0 Å². The highest BCUT2D eigenvalue weighted by Gasteiger charge is 2.22. The average molecular weight is 601 g/mol. The van der Waals surface area contributed by atoms with Gasteiger partial charge in [0, 0.05) is 43.7 Å². The van der Waals surface area contributed by atoms with Crippen molar-refractivity contribution in [1.82, 2.24) is 18.5 Å². The lowest BCUT2D eigenvalue weighted by Gasteiger charge is -2.15. The highest BCUT2D eigenvalue weighted by atomic mass is 15.1. The molecule has 0 radical (unpaired) electrons. The molecular formula is C43H28N4. The molecule has 6 aromatic carbocycles. The maximum Gasteiger partial charge on any atom is 0.146 e. The third kappa shape index (κ3) is 3.29. The van der Waals surface area contributed by atoms with Crippen molar-refractivity contribution >= 4 is 77.0 Å². The van der Waals surface area contributed by atoms with Gasteiger partial charge in [0.05, 0.1) is 39.0 Å². The molecule has 0 saturated carbocycles. The maximum atomic E-state index is 5.20. The Morgan fingerprint density at radius 1 is 0.468 bits per heavy atom. The van der Waals surface area contributed by atoms with Crippen LogP contribution >= 0.6 is 0 Å². The minimum atomic E-state index is 1.01. The summed E-state index contributed by atoms with van der Waals surface area (Å²) in [5.41, 5.74) is 11.8. The molecule has 4 heteroatoms. The summed E-state index contributed by atoms with van der Waals surface area (Å²) < 4.78 is 7.34. The van der Waals surface area contributed by atoms with Crippen LogP contribution in [0, 0.1) is 0 Å². The minimum absolute atomic E-state index is 1.01. The number of aromatic nitrogens is 4. The van der Waals surface area contributed by atoms with Crippen LogP contribution in [0.1, 0.15) is 17.8 Å². The van der Waals surface area contributed by atoms with Crippen LogP contribution in [0.2, 0.25) is 0 Å². The standard InChI is InChI=1S/C43H28N4/c1-2-12-27(13-3-1)45-37-18-8-4-14-29(37)32-24-25-33-30-15-5-9-19-38(30)46(42(33)41(32)45)28-22-23-34-35(26-28)31-16-6-10-20-39(31)47-40-21-11-7-17-36(40)44-43(34)47/h1-10,12-20,22-26H,11,21H2. The summed E-state index contributed by atoms with van der Waals surface area (Å²) >= 11 is 0. The normalized spacial score (nSPS) is 13.3. The molecule has 0 bridgehead atoms. The Morgan fingerprint density at radius 3 is 1.74 bits per heavy atom. The van der Waals surface area contributed by atoms with E-state index in [1.165, 1.54) is 71.0 Å². The molecule has 47 heavy (non-hydrogen) atoms. The molecule has 4 aromatic heterocycles. The number of benzene rings is 6. The zero-order valence-corrected chi connectivity index (χ0v) is 25.6. The van der Waals surface area contributed by atoms with Gasteiger partial charge in [0.15, 0.2) is 0 Å². The Morgan fingerprint density at radius 2 is 1.04 bits per heavy atom. The molecule has 0 amide bonds. The first kappa shape index (κ1) is 25.1. The van der Waals surface area contributed by atoms with Gasteiger partial charge in [-0.1, -0.05) is 91.0 Å². The summed E-state index contributed by atoms with van der Waals surface area (Å²) in [5.74, 6) is 0. The second-order valence-corrected chi connectivity index (χ2v) is 12.7. The van der Waals surface area contributed by atoms with Crippen molar-refractivity contribution in [2.24, 2.45) is 0 Å². The largest absolute Gasteiger partial charge is 0.307 e. The van der Waals surface area contributed by atoms with Crippen molar-refractivity contribution in [2.45, 2.75) is 12.8 Å². The Bertz CT molecular complexity index is 2950. The van der Waals surface area contributed by atoms with Crippen LogP contribution < -0.4 is 0 Å². The predicted octanol–water partition coefficient (Wildman–Crippen LogP) is 10.8. The van der Waals surface area contributed by atoms with Crippen LogP contribution in [0.25, 0.3) is 88.4 Å². The fraction of sp³-hybridized carbons (Fsp3) is 0.0465. The molecule has 0 unspecified atom stereocenters. The van der Waals surface area contributed by atoms with E-state index in [0.29, 0.717) is 0 Å². The van der Waals surface area contributed by atoms with Crippen molar-refractivity contribution in [3.8, 4) is 11.4 Å². The first-order chi connectivity index (χ1) is 23.3. The van der Waals surface area contributed by atoms with Crippen molar-refractivity contribution in [3.63, 3.8) is 0 Å². The van der Waals surface area contributed by atoms with Crippen molar-refractivity contribution in [2.75, 3.05) is 0 Å². The molecule has 0 spiro atoms. The molecule has 11 rings (SSSR count). The Labute approximate surface area is 270 Å². The van der Waals surface area contributed by atoms with Gasteiger partial charge < -0.3 is 9.13 Å². The maximum absolute atomic E-state index is 5.20. The van der Waals surface area contributed by atoms with E-state index in [2.05, 4.69) is 159 Å². The van der Waals surface area contributed by atoms with Crippen LogP contribution in [0.4, 0.5) is 0 Å². The first-order valence-corrected chi connectivity index (χ1v) is 16.4. The van der Waals surface area contributed by atoms with Gasteiger partial charge in [-0.3, -0.25) is 4.40 Å². The zero-order chi connectivity index (χ0) is 30.6. The van der Waals surface area contributed by atoms with Crippen molar-refractivity contribution in [3.05, 3.63) is 151 Å². The van der Waals surface area contributed by atoms with E-state index >= 15 is 0 Å². The summed E-state index contributed by atoms with van der Waals surface area (Å²) in [6, 6.07) is 48.8. The molecule has 0 N–H and O–H groups in total. The number of allylic oxidation sites excluding steroid dienone is 1. The number of aryl methyl sites for hydroxylation is 1. The third-order valence-corrected chi connectivity index (χ3v) is 10.2. The topological polar surface area (TPSA) is 27.2 Å². The van der Waals surface area contributed by atoms with Crippen molar-refractivity contribution in [1.29, 1.82) is 0 Å². The lowest BCUT2D eigenvalue weighted by Crippen LogP contribution is -2.00. The summed E-state index contributed by atoms with van der Waals surface area (Å²) in [7, 11) is 0. The van der Waals surface area contributed by atoms with E-state index in [1.54, 1.807) is 0 Å². The van der Waals surface area contributed by atoms with E-state index in [0.717, 1.165) is 35.6 Å². The van der Waals surface area contributed by atoms with Gasteiger partial charge in [0.2, 0.25) is 0 Å². The van der Waals surface area contributed by atoms with Gasteiger partial charge in [-0.25, -0.2) is 4.98 Å². The summed E-state index contributed by atoms with van der Waals surface area (Å²) in [5, 5.41) is 8.66. The molecule has 0 aliphatic heterocycles. The van der Waals surface area contributed by atoms with Crippen molar-refractivity contribution < 1.29 is 0 Å². The lowest BCUT2D eigenvalue weighted by molar-refractivity contribution is 0.921. The molecular weight excluding hydrogens is 573 g/mol. The van der Waals surface area contributed by atoms with Gasteiger partial charge in [0.25, 0.3) is 0 Å². The average Bonchev–Trinajstić information content (AvgIpc) is 3.80. The SMILES string of the molecule is C1=Cc2nc3c4ccc(-n5c6ccccc6c6ccc7c8ccccc8n(-c8ccccc8)c7c65)cc4c4ccccc4n3c2CC1.